The lowest BCUT2D eigenvalue weighted by atomic mass is 10.1. The van der Waals surface area contributed by atoms with E-state index < -0.39 is 0 Å². The molecule has 0 radical (unpaired) electrons. The van der Waals surface area contributed by atoms with Gasteiger partial charge in [0.25, 0.3) is 0 Å². The van der Waals surface area contributed by atoms with Gasteiger partial charge in [0, 0.05) is 19.7 Å². The van der Waals surface area contributed by atoms with Crippen molar-refractivity contribution in [2.45, 2.75) is 19.4 Å². The Morgan fingerprint density at radius 2 is 2.12 bits per heavy atom. The maximum absolute atomic E-state index is 11.8. The SMILES string of the molecule is COCCC(=O)N(C)C(C)c1ccccc1O. The van der Waals surface area contributed by atoms with E-state index >= 15 is 0 Å². The van der Waals surface area contributed by atoms with Crippen LogP contribution in [0.2, 0.25) is 0 Å². The number of rotatable bonds is 5. The molecule has 0 heterocycles. The third-order valence-corrected chi connectivity index (χ3v) is 2.88. The predicted molar refractivity (Wildman–Crippen MR) is 65.8 cm³/mol. The largest absolute Gasteiger partial charge is 0.508 e. The number of phenols is 1. The van der Waals surface area contributed by atoms with Crippen molar-refractivity contribution in [3.8, 4) is 5.75 Å². The van der Waals surface area contributed by atoms with Crippen molar-refractivity contribution in [1.82, 2.24) is 4.90 Å². The van der Waals surface area contributed by atoms with Crippen LogP contribution in [0, 0.1) is 0 Å². The number of para-hydroxylation sites is 1. The van der Waals surface area contributed by atoms with Crippen LogP contribution in [0.1, 0.15) is 24.9 Å². The highest BCUT2D eigenvalue weighted by Gasteiger charge is 2.19. The van der Waals surface area contributed by atoms with Gasteiger partial charge in [0.2, 0.25) is 5.91 Å². The first-order valence-electron chi connectivity index (χ1n) is 5.60. The van der Waals surface area contributed by atoms with Crippen molar-refractivity contribution in [3.63, 3.8) is 0 Å². The summed E-state index contributed by atoms with van der Waals surface area (Å²) in [5.41, 5.74) is 0.751. The fraction of sp³-hybridized carbons (Fsp3) is 0.462. The standard InChI is InChI=1S/C13H19NO3/c1-10(11-6-4-5-7-12(11)15)14(2)13(16)8-9-17-3/h4-7,10,15H,8-9H2,1-3H3. The normalized spacial score (nSPS) is 12.2. The molecule has 0 aliphatic rings. The summed E-state index contributed by atoms with van der Waals surface area (Å²) in [6, 6.07) is 6.90. The number of methoxy groups -OCH3 is 1. The Morgan fingerprint density at radius 3 is 2.71 bits per heavy atom. The van der Waals surface area contributed by atoms with Gasteiger partial charge in [0.05, 0.1) is 19.1 Å². The molecule has 1 rings (SSSR count). The van der Waals surface area contributed by atoms with E-state index in [4.69, 9.17) is 4.74 Å². The highest BCUT2D eigenvalue weighted by molar-refractivity contribution is 5.76. The van der Waals surface area contributed by atoms with E-state index in [0.717, 1.165) is 5.56 Å². The van der Waals surface area contributed by atoms with Crippen molar-refractivity contribution in [2.24, 2.45) is 0 Å². The molecule has 1 unspecified atom stereocenters. The molecule has 0 bridgehead atoms. The second kappa shape index (κ2) is 6.25. The molecule has 0 saturated carbocycles. The number of ether oxygens (including phenoxy) is 1. The van der Waals surface area contributed by atoms with E-state index in [1.807, 2.05) is 19.1 Å². The van der Waals surface area contributed by atoms with Gasteiger partial charge in [-0.1, -0.05) is 18.2 Å². The summed E-state index contributed by atoms with van der Waals surface area (Å²) in [4.78, 5) is 13.4. The average Bonchev–Trinajstić information content (AvgIpc) is 2.34. The van der Waals surface area contributed by atoms with E-state index in [1.165, 1.54) is 0 Å². The number of benzene rings is 1. The van der Waals surface area contributed by atoms with Gasteiger partial charge in [-0.25, -0.2) is 0 Å². The van der Waals surface area contributed by atoms with Gasteiger partial charge in [0.15, 0.2) is 0 Å². The molecule has 1 aromatic carbocycles. The Kier molecular flexibility index (Phi) is 4.97. The molecule has 1 aromatic rings. The molecule has 0 aliphatic heterocycles. The average molecular weight is 237 g/mol. The van der Waals surface area contributed by atoms with Crippen LogP contribution in [0.15, 0.2) is 24.3 Å². The predicted octanol–water partition coefficient (Wildman–Crippen LogP) is 1.95. The maximum Gasteiger partial charge on any atom is 0.225 e. The van der Waals surface area contributed by atoms with Crippen LogP contribution in [-0.2, 0) is 9.53 Å². The summed E-state index contributed by atoms with van der Waals surface area (Å²) in [5.74, 6) is 0.217. The molecule has 0 saturated heterocycles. The van der Waals surface area contributed by atoms with Crippen LogP contribution < -0.4 is 0 Å². The second-order valence-electron chi connectivity index (χ2n) is 3.98. The van der Waals surface area contributed by atoms with E-state index in [2.05, 4.69) is 0 Å². The van der Waals surface area contributed by atoms with Crippen molar-refractivity contribution in [3.05, 3.63) is 29.8 Å². The van der Waals surface area contributed by atoms with Crippen LogP contribution in [0.4, 0.5) is 0 Å². The van der Waals surface area contributed by atoms with Gasteiger partial charge >= 0.3 is 0 Å². The molecule has 1 N–H and O–H groups in total. The van der Waals surface area contributed by atoms with Crippen LogP contribution in [0.3, 0.4) is 0 Å². The number of phenolic OH excluding ortho intramolecular Hbond substituents is 1. The molecular weight excluding hydrogens is 218 g/mol. The quantitative estimate of drug-likeness (QED) is 0.851. The summed E-state index contributed by atoms with van der Waals surface area (Å²) < 4.78 is 4.87. The monoisotopic (exact) mass is 237 g/mol. The van der Waals surface area contributed by atoms with E-state index in [1.54, 1.807) is 31.2 Å². The lowest BCUT2D eigenvalue weighted by Gasteiger charge is -2.25. The van der Waals surface area contributed by atoms with Crippen molar-refractivity contribution >= 4 is 5.91 Å². The first-order valence-corrected chi connectivity index (χ1v) is 5.60. The Morgan fingerprint density at radius 1 is 1.47 bits per heavy atom. The van der Waals surface area contributed by atoms with Gasteiger partial charge in [-0.15, -0.1) is 0 Å². The Bertz CT molecular complexity index is 379. The van der Waals surface area contributed by atoms with Crippen LogP contribution >= 0.6 is 0 Å². The topological polar surface area (TPSA) is 49.8 Å². The van der Waals surface area contributed by atoms with Crippen LogP contribution in [0.25, 0.3) is 0 Å². The lowest BCUT2D eigenvalue weighted by molar-refractivity contribution is -0.132. The minimum absolute atomic E-state index is 0.00241. The second-order valence-corrected chi connectivity index (χ2v) is 3.98. The molecule has 4 heteroatoms. The zero-order chi connectivity index (χ0) is 12.8. The molecule has 0 fully saturated rings. The number of carbonyl (C=O) groups excluding carboxylic acids is 1. The van der Waals surface area contributed by atoms with Crippen LogP contribution in [-0.4, -0.2) is 36.7 Å². The maximum atomic E-state index is 11.8. The zero-order valence-corrected chi connectivity index (χ0v) is 10.5. The van der Waals surface area contributed by atoms with Gasteiger partial charge in [0.1, 0.15) is 5.75 Å². The number of nitrogens with zero attached hydrogens (tertiary/aromatic N) is 1. The molecule has 1 atom stereocenters. The first-order chi connectivity index (χ1) is 8.07. The summed E-state index contributed by atoms with van der Waals surface area (Å²) in [5, 5.41) is 9.73. The van der Waals surface area contributed by atoms with Gasteiger partial charge in [-0.2, -0.15) is 0 Å². The molecule has 0 aromatic heterocycles. The number of hydrogen-bond acceptors (Lipinski definition) is 3. The highest BCUT2D eigenvalue weighted by Crippen LogP contribution is 2.27. The number of carbonyl (C=O) groups is 1. The van der Waals surface area contributed by atoms with E-state index in [9.17, 15) is 9.90 Å². The molecule has 0 aliphatic carbocycles. The molecule has 0 spiro atoms. The molecule has 4 nitrogen and oxygen atoms in total. The fourth-order valence-corrected chi connectivity index (χ4v) is 1.63. The summed E-state index contributed by atoms with van der Waals surface area (Å²) in [7, 11) is 3.30. The fourth-order valence-electron chi connectivity index (χ4n) is 1.63. The lowest BCUT2D eigenvalue weighted by Crippen LogP contribution is -2.30. The van der Waals surface area contributed by atoms with Crippen molar-refractivity contribution in [2.75, 3.05) is 20.8 Å². The Hall–Kier alpha value is -1.55. The highest BCUT2D eigenvalue weighted by atomic mass is 16.5. The van der Waals surface area contributed by atoms with Gasteiger partial charge in [-0.05, 0) is 13.0 Å². The third kappa shape index (κ3) is 3.46. The minimum Gasteiger partial charge on any atom is -0.508 e. The number of aromatic hydroxyl groups is 1. The number of hydrogen-bond donors (Lipinski definition) is 1. The van der Waals surface area contributed by atoms with Gasteiger partial charge in [-0.3, -0.25) is 4.79 Å². The van der Waals surface area contributed by atoms with Gasteiger partial charge < -0.3 is 14.7 Å². The molecular formula is C13H19NO3. The van der Waals surface area contributed by atoms with E-state index in [0.29, 0.717) is 13.0 Å². The summed E-state index contributed by atoms with van der Waals surface area (Å²) >= 11 is 0. The molecule has 94 valence electrons. The minimum atomic E-state index is -0.152. The van der Waals surface area contributed by atoms with E-state index in [-0.39, 0.29) is 17.7 Å². The summed E-state index contributed by atoms with van der Waals surface area (Å²) in [6.45, 7) is 2.30. The smallest absolute Gasteiger partial charge is 0.225 e. The molecule has 1 amide bonds. The first kappa shape index (κ1) is 13.5. The summed E-state index contributed by atoms with van der Waals surface area (Å²) in [6.07, 6.45) is 0.352. The van der Waals surface area contributed by atoms with Crippen molar-refractivity contribution < 1.29 is 14.6 Å². The van der Waals surface area contributed by atoms with Crippen LogP contribution in [0.5, 0.6) is 5.75 Å². The third-order valence-electron chi connectivity index (χ3n) is 2.88. The molecule has 17 heavy (non-hydrogen) atoms. The Balaban J connectivity index is 2.72. The zero-order valence-electron chi connectivity index (χ0n) is 10.5. The van der Waals surface area contributed by atoms with Crippen molar-refractivity contribution in [1.29, 1.82) is 0 Å². The number of amides is 1. The Labute approximate surface area is 102 Å².